The molecule has 0 bridgehead atoms. The van der Waals surface area contributed by atoms with Gasteiger partial charge in [-0.1, -0.05) is 23.8 Å². The Balaban J connectivity index is 1.26. The summed E-state index contributed by atoms with van der Waals surface area (Å²) in [6, 6.07) is 4.59. The van der Waals surface area contributed by atoms with Crippen LogP contribution < -0.4 is 10.2 Å². The summed E-state index contributed by atoms with van der Waals surface area (Å²) < 4.78 is 46.6. The Labute approximate surface area is 227 Å². The Morgan fingerprint density at radius 1 is 1.21 bits per heavy atom. The molecule has 3 aliphatic rings. The van der Waals surface area contributed by atoms with Gasteiger partial charge < -0.3 is 19.9 Å². The molecular formula is C27H29F3N4O4S. The fourth-order valence-electron chi connectivity index (χ4n) is 5.09. The summed E-state index contributed by atoms with van der Waals surface area (Å²) in [5.74, 6) is -4.06. The number of benzene rings is 1. The van der Waals surface area contributed by atoms with Gasteiger partial charge in [-0.25, -0.2) is 18.2 Å². The molecule has 3 aliphatic heterocycles. The number of likely N-dealkylation sites (tertiary alicyclic amines) is 1. The number of ketones is 1. The average molecular weight is 563 g/mol. The highest BCUT2D eigenvalue weighted by Crippen LogP contribution is 2.34. The highest BCUT2D eigenvalue weighted by molar-refractivity contribution is 7.14. The van der Waals surface area contributed by atoms with E-state index in [4.69, 9.17) is 4.74 Å². The van der Waals surface area contributed by atoms with Crippen molar-refractivity contribution in [1.29, 1.82) is 0 Å². The summed E-state index contributed by atoms with van der Waals surface area (Å²) in [6.45, 7) is 3.53. The molecule has 12 heteroatoms. The van der Waals surface area contributed by atoms with Gasteiger partial charge >= 0.3 is 0 Å². The van der Waals surface area contributed by atoms with E-state index in [0.717, 1.165) is 11.1 Å². The van der Waals surface area contributed by atoms with Crippen LogP contribution in [-0.4, -0.2) is 84.0 Å². The maximum absolute atomic E-state index is 14.4. The number of nitrogens with zero attached hydrogens (tertiary/aromatic N) is 3. The quantitative estimate of drug-likeness (QED) is 0.541. The smallest absolute Gasteiger partial charge is 0.252 e. The van der Waals surface area contributed by atoms with Gasteiger partial charge in [-0.2, -0.15) is 0 Å². The molecule has 0 aliphatic carbocycles. The number of aromatic nitrogens is 1. The molecule has 3 fully saturated rings. The van der Waals surface area contributed by atoms with Crippen LogP contribution in [0.2, 0.25) is 0 Å². The first-order valence-corrected chi connectivity index (χ1v) is 13.6. The fraction of sp³-hybridized carbons (Fsp3) is 0.481. The van der Waals surface area contributed by atoms with Crippen LogP contribution in [0.15, 0.2) is 41.3 Å². The number of ether oxygens (including phenoxy) is 1. The minimum absolute atomic E-state index is 0.195. The van der Waals surface area contributed by atoms with Gasteiger partial charge in [0.25, 0.3) is 11.8 Å². The number of hydrogen-bond donors (Lipinski definition) is 1. The lowest BCUT2D eigenvalue weighted by Crippen LogP contribution is -2.51. The second-order valence-corrected chi connectivity index (χ2v) is 11.2. The molecule has 8 nitrogen and oxygen atoms in total. The Morgan fingerprint density at radius 2 is 1.90 bits per heavy atom. The van der Waals surface area contributed by atoms with E-state index in [1.807, 2.05) is 10.3 Å². The van der Waals surface area contributed by atoms with Gasteiger partial charge in [0, 0.05) is 42.4 Å². The normalized spacial score (nSPS) is 24.8. The largest absolute Gasteiger partial charge is 0.365 e. The van der Waals surface area contributed by atoms with Gasteiger partial charge in [-0.15, -0.1) is 11.3 Å². The number of piperidine rings is 1. The van der Waals surface area contributed by atoms with Crippen molar-refractivity contribution in [1.82, 2.24) is 15.2 Å². The van der Waals surface area contributed by atoms with Crippen LogP contribution >= 0.6 is 11.3 Å². The van der Waals surface area contributed by atoms with Crippen LogP contribution in [0.4, 0.5) is 18.3 Å². The molecule has 0 saturated carbocycles. The summed E-state index contributed by atoms with van der Waals surface area (Å²) in [5, 5.41) is 5.22. The number of amides is 2. The summed E-state index contributed by atoms with van der Waals surface area (Å²) in [6.07, 6.45) is -1.26. The zero-order chi connectivity index (χ0) is 27.9. The molecule has 4 atom stereocenters. The third-order valence-corrected chi connectivity index (χ3v) is 8.06. The first-order chi connectivity index (χ1) is 18.5. The Kier molecular flexibility index (Phi) is 7.51. The predicted molar refractivity (Wildman–Crippen MR) is 140 cm³/mol. The lowest BCUT2D eigenvalue weighted by atomic mass is 10.1. The summed E-state index contributed by atoms with van der Waals surface area (Å²) in [7, 11) is 0. The van der Waals surface area contributed by atoms with Gasteiger partial charge in [0.2, 0.25) is 5.91 Å². The maximum Gasteiger partial charge on any atom is 0.252 e. The number of hydrogen-bond acceptors (Lipinski definition) is 7. The van der Waals surface area contributed by atoms with Gasteiger partial charge in [-0.05, 0) is 26.0 Å². The summed E-state index contributed by atoms with van der Waals surface area (Å²) in [4.78, 5) is 46.2. The van der Waals surface area contributed by atoms with E-state index in [9.17, 15) is 27.6 Å². The van der Waals surface area contributed by atoms with E-state index in [1.54, 1.807) is 44.2 Å². The van der Waals surface area contributed by atoms with E-state index in [1.165, 1.54) is 16.2 Å². The van der Waals surface area contributed by atoms with E-state index in [-0.39, 0.29) is 44.9 Å². The first-order valence-electron chi connectivity index (χ1n) is 12.8. The predicted octanol–water partition coefficient (Wildman–Crippen LogP) is 3.63. The summed E-state index contributed by atoms with van der Waals surface area (Å²) in [5.41, 5.74) is 2.49. The monoisotopic (exact) mass is 562 g/mol. The van der Waals surface area contributed by atoms with Gasteiger partial charge in [0.1, 0.15) is 31.0 Å². The lowest BCUT2D eigenvalue weighted by Gasteiger charge is -2.31. The van der Waals surface area contributed by atoms with Crippen molar-refractivity contribution in [2.45, 2.75) is 57.0 Å². The van der Waals surface area contributed by atoms with Crippen LogP contribution in [-0.2, 0) is 14.3 Å². The standard InChI is InChI=1S/C27H29F3N4O4S/c1-15(2)11-19(25(37)34-12-18(28)23-22(34)21(35)13-38-23)31-24(36)17-5-3-16(4-6-17)20-14-39-26(32-20)33-9-7-27(29,30)8-10-33/h3-6,11,14,18-19,22-23H,7-10,12-13H2,1-2H3,(H,31,36)/t18-,19-,22+,23+/m0/s1. The molecule has 39 heavy (non-hydrogen) atoms. The number of allylic oxidation sites excluding steroid dienone is 1. The highest BCUT2D eigenvalue weighted by atomic mass is 32.1. The number of rotatable bonds is 6. The van der Waals surface area contributed by atoms with Crippen molar-refractivity contribution < 1.29 is 32.3 Å². The third-order valence-electron chi connectivity index (χ3n) is 7.16. The molecule has 1 aromatic carbocycles. The Morgan fingerprint density at radius 3 is 2.56 bits per heavy atom. The molecule has 0 radical (unpaired) electrons. The molecule has 4 heterocycles. The van der Waals surface area contributed by atoms with Crippen molar-refractivity contribution in [2.24, 2.45) is 0 Å². The van der Waals surface area contributed by atoms with E-state index >= 15 is 0 Å². The second kappa shape index (κ2) is 10.7. The number of halogens is 3. The third kappa shape index (κ3) is 5.72. The van der Waals surface area contributed by atoms with Crippen molar-refractivity contribution in [3.05, 3.63) is 46.9 Å². The highest BCUT2D eigenvalue weighted by Gasteiger charge is 2.53. The fourth-order valence-corrected chi connectivity index (χ4v) is 5.98. The van der Waals surface area contributed by atoms with Gasteiger partial charge in [0.15, 0.2) is 10.9 Å². The number of carbonyl (C=O) groups excluding carboxylic acids is 3. The van der Waals surface area contributed by atoms with Gasteiger partial charge in [0.05, 0.1) is 12.2 Å². The van der Waals surface area contributed by atoms with Crippen molar-refractivity contribution >= 4 is 34.1 Å². The van der Waals surface area contributed by atoms with Crippen LogP contribution in [0.25, 0.3) is 11.3 Å². The molecule has 208 valence electrons. The number of alkyl halides is 3. The Hall–Kier alpha value is -3.25. The Bertz CT molecular complexity index is 1280. The van der Waals surface area contributed by atoms with Crippen LogP contribution in [0.1, 0.15) is 37.0 Å². The topological polar surface area (TPSA) is 91.8 Å². The molecule has 3 saturated heterocycles. The number of thiazole rings is 1. The second-order valence-electron chi connectivity index (χ2n) is 10.3. The van der Waals surface area contributed by atoms with Crippen molar-refractivity contribution in [3.8, 4) is 11.3 Å². The molecule has 1 aromatic heterocycles. The molecule has 2 amide bonds. The SMILES string of the molecule is CC(C)=C[C@H](NC(=O)c1ccc(-c2csc(N3CCC(F)(F)CC3)n2)cc1)C(=O)N1C[C@H](F)[C@H]2OCC(=O)[C@H]21. The number of nitrogens with one attached hydrogen (secondary N) is 1. The molecule has 0 unspecified atom stereocenters. The van der Waals surface area contributed by atoms with Crippen LogP contribution in [0, 0.1) is 0 Å². The molecule has 2 aromatic rings. The molecule has 5 rings (SSSR count). The number of Topliss-reactive ketones (excluding diaryl/α,β-unsaturated/α-hetero) is 1. The average Bonchev–Trinajstić information content (AvgIpc) is 3.61. The minimum Gasteiger partial charge on any atom is -0.365 e. The van der Waals surface area contributed by atoms with Crippen LogP contribution in [0.3, 0.4) is 0 Å². The minimum atomic E-state index is -2.63. The van der Waals surface area contributed by atoms with E-state index < -0.39 is 42.1 Å². The summed E-state index contributed by atoms with van der Waals surface area (Å²) >= 11 is 1.38. The van der Waals surface area contributed by atoms with E-state index in [2.05, 4.69) is 10.3 Å². The number of anilines is 1. The zero-order valence-corrected chi connectivity index (χ0v) is 22.3. The van der Waals surface area contributed by atoms with Crippen molar-refractivity contribution in [2.75, 3.05) is 31.1 Å². The molecular weight excluding hydrogens is 533 g/mol. The number of carbonyl (C=O) groups is 3. The lowest BCUT2D eigenvalue weighted by molar-refractivity contribution is -0.137. The first kappa shape index (κ1) is 27.3. The van der Waals surface area contributed by atoms with Crippen LogP contribution in [0.5, 0.6) is 0 Å². The molecule has 0 spiro atoms. The van der Waals surface area contributed by atoms with Crippen molar-refractivity contribution in [3.63, 3.8) is 0 Å². The van der Waals surface area contributed by atoms with Gasteiger partial charge in [-0.3, -0.25) is 14.4 Å². The zero-order valence-electron chi connectivity index (χ0n) is 21.5. The van der Waals surface area contributed by atoms with E-state index in [0.29, 0.717) is 16.4 Å². The molecule has 1 N–H and O–H groups in total. The number of fused-ring (bicyclic) bond motifs is 1. The maximum atomic E-state index is 14.4.